The largest absolute Gasteiger partial charge is 0.255 e. The van der Waals surface area contributed by atoms with E-state index in [4.69, 9.17) is 15.0 Å². The summed E-state index contributed by atoms with van der Waals surface area (Å²) in [6.45, 7) is 33.8. The van der Waals surface area contributed by atoms with E-state index in [1.54, 1.807) is 0 Å². The lowest BCUT2D eigenvalue weighted by Gasteiger charge is -2.44. The molecule has 3 aromatic rings. The first-order valence-electron chi connectivity index (χ1n) is 14.6. The van der Waals surface area contributed by atoms with Crippen LogP contribution < -0.4 is 0 Å². The van der Waals surface area contributed by atoms with Crippen molar-refractivity contribution in [1.82, 2.24) is 4.98 Å². The fraction of sp³-hybridized carbons (Fsp3) is 0.486. The summed E-state index contributed by atoms with van der Waals surface area (Å²) in [7, 11) is 0. The fourth-order valence-electron chi connectivity index (χ4n) is 5.74. The van der Waals surface area contributed by atoms with Gasteiger partial charge in [-0.05, 0) is 45.7 Å². The normalized spacial score (nSPS) is 18.6. The number of pyridine rings is 1. The monoisotopic (exact) mass is 535 g/mol. The lowest BCUT2D eigenvalue weighted by Crippen LogP contribution is -2.42. The average molecular weight is 536 g/mol. The van der Waals surface area contributed by atoms with Crippen molar-refractivity contribution < 1.29 is 0 Å². The van der Waals surface area contributed by atoms with E-state index in [2.05, 4.69) is 139 Å². The van der Waals surface area contributed by atoms with Gasteiger partial charge in [0.25, 0.3) is 0 Å². The molecule has 2 aromatic carbocycles. The molecular formula is C37H49N3. The number of hydrogen-bond donors (Lipinski definition) is 0. The van der Waals surface area contributed by atoms with Crippen molar-refractivity contribution in [3.05, 3.63) is 71.9 Å². The van der Waals surface area contributed by atoms with Crippen molar-refractivity contribution in [2.24, 2.45) is 26.2 Å². The maximum atomic E-state index is 5.05. The van der Waals surface area contributed by atoms with Crippen LogP contribution in [0.15, 0.2) is 65.2 Å². The first-order valence-corrected chi connectivity index (χ1v) is 14.6. The Labute approximate surface area is 243 Å². The Hall–Kier alpha value is -3.07. The summed E-state index contributed by atoms with van der Waals surface area (Å²) in [5.74, 6) is 0.782. The maximum absolute atomic E-state index is 5.05. The second-order valence-electron chi connectivity index (χ2n) is 15.3. The summed E-state index contributed by atoms with van der Waals surface area (Å²) in [4.78, 5) is 15.1. The number of aromatic nitrogens is 1. The van der Waals surface area contributed by atoms with E-state index in [9.17, 15) is 0 Å². The SMILES string of the molecule is C=C(N=C(N=C(C)C(C)(C)C)C(C)(C)C)c1cnc(-c2ccc3c(c2)C(C)(C)C(C)(C)C3(C)C)c2ccccc12. The highest BCUT2D eigenvalue weighted by atomic mass is 15.0. The predicted octanol–water partition coefficient (Wildman–Crippen LogP) is 10.4. The summed E-state index contributed by atoms with van der Waals surface area (Å²) >= 11 is 0. The predicted molar refractivity (Wildman–Crippen MR) is 175 cm³/mol. The second kappa shape index (κ2) is 9.50. The van der Waals surface area contributed by atoms with Crippen molar-refractivity contribution >= 4 is 28.0 Å². The molecule has 0 atom stereocenters. The van der Waals surface area contributed by atoms with E-state index in [-0.39, 0.29) is 27.1 Å². The van der Waals surface area contributed by atoms with Gasteiger partial charge in [0.05, 0.1) is 11.4 Å². The third-order valence-electron chi connectivity index (χ3n) is 10.1. The van der Waals surface area contributed by atoms with E-state index >= 15 is 0 Å². The van der Waals surface area contributed by atoms with Gasteiger partial charge in [-0.25, -0.2) is 9.98 Å². The highest BCUT2D eigenvalue weighted by molar-refractivity contribution is 6.05. The van der Waals surface area contributed by atoms with Gasteiger partial charge in [0.2, 0.25) is 0 Å². The number of rotatable bonds is 3. The number of nitrogens with zero attached hydrogens (tertiary/aromatic N) is 3. The molecule has 1 aromatic heterocycles. The molecule has 0 aliphatic heterocycles. The van der Waals surface area contributed by atoms with Gasteiger partial charge in [0, 0.05) is 39.3 Å². The summed E-state index contributed by atoms with van der Waals surface area (Å²) < 4.78 is 0. The van der Waals surface area contributed by atoms with Crippen LogP contribution in [0.25, 0.3) is 27.7 Å². The van der Waals surface area contributed by atoms with Gasteiger partial charge in [0.1, 0.15) is 5.84 Å². The highest BCUT2D eigenvalue weighted by Gasteiger charge is 2.56. The molecule has 40 heavy (non-hydrogen) atoms. The molecule has 3 heteroatoms. The number of fused-ring (bicyclic) bond motifs is 2. The van der Waals surface area contributed by atoms with Crippen LogP contribution >= 0.6 is 0 Å². The van der Waals surface area contributed by atoms with Crippen molar-refractivity contribution in [2.45, 2.75) is 101 Å². The first kappa shape index (κ1) is 29.9. The van der Waals surface area contributed by atoms with Gasteiger partial charge in [-0.1, -0.05) is 126 Å². The molecule has 0 fully saturated rings. The maximum Gasteiger partial charge on any atom is 0.134 e. The Morgan fingerprint density at radius 2 is 1.32 bits per heavy atom. The smallest absolute Gasteiger partial charge is 0.134 e. The lowest BCUT2D eigenvalue weighted by atomic mass is 9.59. The van der Waals surface area contributed by atoms with Crippen LogP contribution in [-0.2, 0) is 10.8 Å². The van der Waals surface area contributed by atoms with Crippen LogP contribution in [0.3, 0.4) is 0 Å². The molecule has 0 amide bonds. The van der Waals surface area contributed by atoms with Crippen LogP contribution in [0.4, 0.5) is 0 Å². The molecule has 0 N–H and O–H groups in total. The van der Waals surface area contributed by atoms with Gasteiger partial charge < -0.3 is 0 Å². The second-order valence-corrected chi connectivity index (χ2v) is 15.3. The van der Waals surface area contributed by atoms with E-state index in [0.717, 1.165) is 39.1 Å². The number of amidine groups is 1. The topological polar surface area (TPSA) is 37.6 Å². The van der Waals surface area contributed by atoms with Gasteiger partial charge in [0.15, 0.2) is 0 Å². The van der Waals surface area contributed by atoms with Crippen LogP contribution in [-0.4, -0.2) is 16.5 Å². The Morgan fingerprint density at radius 1 is 0.750 bits per heavy atom. The number of benzene rings is 2. The summed E-state index contributed by atoms with van der Waals surface area (Å²) in [6, 6.07) is 15.5. The minimum Gasteiger partial charge on any atom is -0.255 e. The van der Waals surface area contributed by atoms with E-state index in [0.29, 0.717) is 5.70 Å². The van der Waals surface area contributed by atoms with Crippen molar-refractivity contribution in [1.29, 1.82) is 0 Å². The molecule has 0 spiro atoms. The van der Waals surface area contributed by atoms with Gasteiger partial charge in [-0.15, -0.1) is 0 Å². The molecule has 0 saturated carbocycles. The third kappa shape index (κ3) is 4.76. The average Bonchev–Trinajstić information content (AvgIpc) is 2.95. The molecule has 4 rings (SSSR count). The highest BCUT2D eigenvalue weighted by Crippen LogP contribution is 2.61. The van der Waals surface area contributed by atoms with E-state index in [1.165, 1.54) is 11.1 Å². The summed E-state index contributed by atoms with van der Waals surface area (Å²) in [6.07, 6.45) is 1.94. The summed E-state index contributed by atoms with van der Waals surface area (Å²) in [5, 5.41) is 2.21. The van der Waals surface area contributed by atoms with Crippen molar-refractivity contribution in [2.75, 3.05) is 0 Å². The molecule has 1 heterocycles. The Morgan fingerprint density at radius 3 is 1.90 bits per heavy atom. The van der Waals surface area contributed by atoms with Crippen LogP contribution in [0.5, 0.6) is 0 Å². The number of hydrogen-bond acceptors (Lipinski definition) is 2. The zero-order valence-corrected chi connectivity index (χ0v) is 27.2. The lowest BCUT2D eigenvalue weighted by molar-refractivity contribution is 0.125. The minimum absolute atomic E-state index is 0.0297. The zero-order chi connectivity index (χ0) is 30.1. The van der Waals surface area contributed by atoms with Crippen molar-refractivity contribution in [3.8, 4) is 11.3 Å². The molecule has 0 unspecified atom stereocenters. The van der Waals surface area contributed by atoms with Gasteiger partial charge in [-0.3, -0.25) is 4.98 Å². The first-order chi connectivity index (χ1) is 18.2. The molecule has 3 nitrogen and oxygen atoms in total. The van der Waals surface area contributed by atoms with Crippen LogP contribution in [0.1, 0.15) is 107 Å². The zero-order valence-electron chi connectivity index (χ0n) is 27.2. The quantitative estimate of drug-likeness (QED) is 0.243. The Bertz CT molecular complexity index is 1550. The van der Waals surface area contributed by atoms with E-state index in [1.807, 2.05) is 6.20 Å². The third-order valence-corrected chi connectivity index (χ3v) is 10.1. The molecule has 212 valence electrons. The minimum atomic E-state index is -0.225. The van der Waals surface area contributed by atoms with Crippen LogP contribution in [0, 0.1) is 16.2 Å². The Balaban J connectivity index is 1.86. The van der Waals surface area contributed by atoms with E-state index < -0.39 is 0 Å². The molecule has 0 radical (unpaired) electrons. The standard InChI is InChI=1S/C37H49N3/c1-23(39-32(34(6,7)8)40-24(2)33(3,4)5)28-22-38-31(27-18-16-15-17-26(27)28)25-19-20-29-30(21-25)36(11,12)37(13,14)35(29,9)10/h15-22H,1H2,2-14H3. The van der Waals surface area contributed by atoms with Crippen molar-refractivity contribution in [3.63, 3.8) is 0 Å². The van der Waals surface area contributed by atoms with Gasteiger partial charge in [-0.2, -0.15) is 0 Å². The summed E-state index contributed by atoms with van der Waals surface area (Å²) in [5.41, 5.74) is 7.67. The number of aliphatic imine (C=N–C) groups is 2. The molecular weight excluding hydrogens is 486 g/mol. The fourth-order valence-corrected chi connectivity index (χ4v) is 5.74. The molecule has 0 bridgehead atoms. The molecule has 1 aliphatic carbocycles. The molecule has 1 aliphatic rings. The Kier molecular flexibility index (Phi) is 7.10. The molecule has 0 saturated heterocycles. The van der Waals surface area contributed by atoms with Crippen LogP contribution in [0.2, 0.25) is 0 Å². The van der Waals surface area contributed by atoms with Gasteiger partial charge >= 0.3 is 0 Å².